The first-order valence-electron chi connectivity index (χ1n) is 9.39. The average Bonchev–Trinajstić information content (AvgIpc) is 2.78. The van der Waals surface area contributed by atoms with Gasteiger partial charge < -0.3 is 11.1 Å². The molecule has 8 nitrogen and oxygen atoms in total. The van der Waals surface area contributed by atoms with E-state index in [4.69, 9.17) is 5.73 Å². The van der Waals surface area contributed by atoms with Crippen LogP contribution in [-0.2, 0) is 21.2 Å². The predicted molar refractivity (Wildman–Crippen MR) is 124 cm³/mol. The number of carbonyl (C=O) groups is 2. The second kappa shape index (κ2) is 10.4. The van der Waals surface area contributed by atoms with Crippen LogP contribution in [0.3, 0.4) is 0 Å². The van der Waals surface area contributed by atoms with Crippen LogP contribution in [0.5, 0.6) is 0 Å². The van der Waals surface area contributed by atoms with E-state index in [9.17, 15) is 18.0 Å². The zero-order valence-corrected chi connectivity index (χ0v) is 18.8. The number of rotatable bonds is 8. The topological polar surface area (TPSA) is 131 Å². The van der Waals surface area contributed by atoms with E-state index in [2.05, 4.69) is 15.6 Å². The lowest BCUT2D eigenvalue weighted by Crippen LogP contribution is -2.58. The van der Waals surface area contributed by atoms with E-state index in [1.54, 1.807) is 54.9 Å². The van der Waals surface area contributed by atoms with Gasteiger partial charge in [-0.15, -0.1) is 12.4 Å². The third-order valence-corrected chi connectivity index (χ3v) is 7.13. The molecule has 4 N–H and O–H groups in total. The largest absolute Gasteiger partial charge is 0.367 e. The number of carbonyl (C=O) groups excluding carboxylic acids is 2. The Bertz CT molecular complexity index is 1170. The molecule has 0 fully saturated rings. The fourth-order valence-corrected chi connectivity index (χ4v) is 4.33. The first-order valence-corrected chi connectivity index (χ1v) is 10.9. The Morgan fingerprint density at radius 2 is 1.66 bits per heavy atom. The molecule has 1 heterocycles. The normalized spacial score (nSPS) is 12.8. The van der Waals surface area contributed by atoms with E-state index in [-0.39, 0.29) is 29.8 Å². The van der Waals surface area contributed by atoms with Gasteiger partial charge in [0.05, 0.1) is 4.90 Å². The highest BCUT2D eigenvalue weighted by Crippen LogP contribution is 2.25. The predicted octanol–water partition coefficient (Wildman–Crippen LogP) is 2.52. The second-order valence-electron chi connectivity index (χ2n) is 6.96. The molecule has 2 amide bonds. The molecule has 168 valence electrons. The van der Waals surface area contributed by atoms with E-state index in [1.807, 2.05) is 0 Å². The smallest absolute Gasteiger partial charge is 0.255 e. The van der Waals surface area contributed by atoms with Crippen molar-refractivity contribution < 1.29 is 18.0 Å². The molecule has 0 spiro atoms. The number of halogens is 1. The minimum Gasteiger partial charge on any atom is -0.367 e. The summed E-state index contributed by atoms with van der Waals surface area (Å²) in [4.78, 5) is 26.2. The number of nitrogens with zero attached hydrogens (tertiary/aromatic N) is 1. The minimum absolute atomic E-state index is 0. The van der Waals surface area contributed by atoms with Crippen LogP contribution in [0.4, 0.5) is 5.69 Å². The van der Waals surface area contributed by atoms with Crippen molar-refractivity contribution in [3.05, 3.63) is 90.3 Å². The van der Waals surface area contributed by atoms with E-state index >= 15 is 0 Å². The summed E-state index contributed by atoms with van der Waals surface area (Å²) in [5.74, 6) is -1.35. The number of pyridine rings is 1. The third kappa shape index (κ3) is 5.31. The van der Waals surface area contributed by atoms with Gasteiger partial charge in [0.15, 0.2) is 0 Å². The van der Waals surface area contributed by atoms with Crippen molar-refractivity contribution in [1.82, 2.24) is 10.3 Å². The second-order valence-corrected chi connectivity index (χ2v) is 9.26. The van der Waals surface area contributed by atoms with Crippen LogP contribution in [0.25, 0.3) is 0 Å². The molecule has 1 atom stereocenters. The van der Waals surface area contributed by atoms with Crippen LogP contribution < -0.4 is 16.4 Å². The van der Waals surface area contributed by atoms with E-state index < -0.39 is 20.6 Å². The van der Waals surface area contributed by atoms with Crippen molar-refractivity contribution in [3.63, 3.8) is 0 Å². The minimum atomic E-state index is -4.19. The molecular weight excluding hydrogens is 452 g/mol. The molecule has 0 saturated heterocycles. The maximum atomic E-state index is 13.2. The highest BCUT2D eigenvalue weighted by Gasteiger charge is 2.45. The summed E-state index contributed by atoms with van der Waals surface area (Å²) >= 11 is 0. The molecule has 0 aliphatic rings. The van der Waals surface area contributed by atoms with Gasteiger partial charge in [0.25, 0.3) is 11.8 Å². The molecule has 1 unspecified atom stereocenters. The van der Waals surface area contributed by atoms with Crippen molar-refractivity contribution in [3.8, 4) is 0 Å². The molecule has 0 saturated carbocycles. The van der Waals surface area contributed by atoms with Gasteiger partial charge in [-0.25, -0.2) is 8.42 Å². The zero-order chi connectivity index (χ0) is 22.5. The fourth-order valence-electron chi connectivity index (χ4n) is 2.83. The Morgan fingerprint density at radius 1 is 1.00 bits per heavy atom. The molecule has 3 rings (SSSR count). The van der Waals surface area contributed by atoms with Crippen LogP contribution in [0.15, 0.2) is 84.0 Å². The Kier molecular flexibility index (Phi) is 8.09. The number of sulfone groups is 1. The Hall–Kier alpha value is -3.27. The van der Waals surface area contributed by atoms with Crippen molar-refractivity contribution in [1.29, 1.82) is 0 Å². The van der Waals surface area contributed by atoms with Gasteiger partial charge in [0, 0.05) is 30.2 Å². The summed E-state index contributed by atoms with van der Waals surface area (Å²) in [6, 6.07) is 17.6. The van der Waals surface area contributed by atoms with Gasteiger partial charge in [-0.3, -0.25) is 19.9 Å². The summed E-state index contributed by atoms with van der Waals surface area (Å²) in [5, 5.41) is 5.44. The van der Waals surface area contributed by atoms with Crippen LogP contribution in [0, 0.1) is 0 Å². The number of amides is 2. The molecule has 0 aliphatic heterocycles. The van der Waals surface area contributed by atoms with Gasteiger partial charge >= 0.3 is 0 Å². The summed E-state index contributed by atoms with van der Waals surface area (Å²) in [5.41, 5.74) is 7.05. The number of hydrogen-bond acceptors (Lipinski definition) is 6. The van der Waals surface area contributed by atoms with Gasteiger partial charge in [0.1, 0.15) is 0 Å². The molecule has 10 heteroatoms. The lowest BCUT2D eigenvalue weighted by molar-refractivity contribution is -0.120. The van der Waals surface area contributed by atoms with Crippen LogP contribution in [0.2, 0.25) is 0 Å². The molecule has 2 aromatic carbocycles. The maximum Gasteiger partial charge on any atom is 0.255 e. The zero-order valence-electron chi connectivity index (χ0n) is 17.2. The summed E-state index contributed by atoms with van der Waals surface area (Å²) in [6.45, 7) is 1.31. The molecule has 32 heavy (non-hydrogen) atoms. The van der Waals surface area contributed by atoms with E-state index in [1.165, 1.54) is 31.2 Å². The Morgan fingerprint density at radius 3 is 2.22 bits per heavy atom. The highest BCUT2D eigenvalue weighted by atomic mass is 35.5. The number of benzene rings is 2. The number of aromatic nitrogens is 1. The van der Waals surface area contributed by atoms with Crippen LogP contribution in [0.1, 0.15) is 22.8 Å². The number of nitrogens with two attached hydrogens (primary N) is 1. The summed E-state index contributed by atoms with van der Waals surface area (Å²) in [6.07, 6.45) is 3.15. The van der Waals surface area contributed by atoms with E-state index in [0.29, 0.717) is 16.8 Å². The number of primary amides is 1. The molecule has 3 aromatic rings. The van der Waals surface area contributed by atoms with Crippen molar-refractivity contribution in [2.24, 2.45) is 5.73 Å². The van der Waals surface area contributed by atoms with Crippen molar-refractivity contribution in [2.45, 2.75) is 23.2 Å². The number of nitrogens with one attached hydrogen (secondary N) is 2. The monoisotopic (exact) mass is 474 g/mol. The first kappa shape index (κ1) is 25.0. The number of anilines is 1. The quantitative estimate of drug-likeness (QED) is 0.459. The first-order chi connectivity index (χ1) is 14.7. The van der Waals surface area contributed by atoms with Gasteiger partial charge in [0.2, 0.25) is 14.7 Å². The van der Waals surface area contributed by atoms with Gasteiger partial charge in [-0.2, -0.15) is 0 Å². The molecule has 0 radical (unpaired) electrons. The van der Waals surface area contributed by atoms with Gasteiger partial charge in [-0.05, 0) is 55.0 Å². The molecule has 0 bridgehead atoms. The van der Waals surface area contributed by atoms with Gasteiger partial charge in [-0.1, -0.05) is 24.3 Å². The molecule has 0 aliphatic carbocycles. The average molecular weight is 475 g/mol. The molecular formula is C22H23ClN4O4S. The van der Waals surface area contributed by atoms with Crippen LogP contribution >= 0.6 is 12.4 Å². The fraction of sp³-hybridized carbons (Fsp3) is 0.136. The third-order valence-electron chi connectivity index (χ3n) is 4.82. The Labute approximate surface area is 192 Å². The van der Waals surface area contributed by atoms with Crippen LogP contribution in [-0.4, -0.2) is 30.1 Å². The Balaban J connectivity index is 0.00000363. The van der Waals surface area contributed by atoms with E-state index in [0.717, 1.165) is 0 Å². The van der Waals surface area contributed by atoms with Crippen molar-refractivity contribution >= 4 is 39.7 Å². The molecule has 1 aromatic heterocycles. The SMILES string of the molecule is CC(NCc1cccnc1)(C(N)=O)S(=O)(=O)c1ccc(NC(=O)c2ccccc2)cc1.Cl. The highest BCUT2D eigenvalue weighted by molar-refractivity contribution is 7.93. The lowest BCUT2D eigenvalue weighted by atomic mass is 10.2. The maximum absolute atomic E-state index is 13.2. The number of hydrogen-bond donors (Lipinski definition) is 3. The summed E-state index contributed by atoms with van der Waals surface area (Å²) in [7, 11) is -4.19. The van der Waals surface area contributed by atoms with Crippen molar-refractivity contribution in [2.75, 3.05) is 5.32 Å². The standard InChI is InChI=1S/C22H22N4O4S.ClH/c1-22(21(23)28,25-15-16-6-5-13-24-14-16)31(29,30)19-11-9-18(10-12-19)26-20(27)17-7-3-2-4-8-17;/h2-14,25H,15H2,1H3,(H2,23,28)(H,26,27);1H. The lowest BCUT2D eigenvalue weighted by Gasteiger charge is -2.27. The summed E-state index contributed by atoms with van der Waals surface area (Å²) < 4.78 is 26.4.